The SMILES string of the molecule is CCO[Si](CN1CCOCC1)(OCC)O[Si](CN1CCOCC1)(OCC)OCC. The van der Waals surface area contributed by atoms with Gasteiger partial charge in [-0.2, -0.15) is 0 Å². The van der Waals surface area contributed by atoms with Gasteiger partial charge < -0.3 is 31.3 Å². The topological polar surface area (TPSA) is 71.1 Å². The summed E-state index contributed by atoms with van der Waals surface area (Å²) in [4.78, 5) is 4.62. The van der Waals surface area contributed by atoms with E-state index in [9.17, 15) is 0 Å². The number of hydrogen-bond donors (Lipinski definition) is 0. The molecule has 0 N–H and O–H groups in total. The normalized spacial score (nSPS) is 20.3. The molecule has 2 rings (SSSR count). The summed E-state index contributed by atoms with van der Waals surface area (Å²) in [7, 11) is -6.11. The Morgan fingerprint density at radius 3 is 1.17 bits per heavy atom. The van der Waals surface area contributed by atoms with Gasteiger partial charge >= 0.3 is 17.6 Å². The molecule has 9 nitrogen and oxygen atoms in total. The van der Waals surface area contributed by atoms with Crippen molar-refractivity contribution in [2.24, 2.45) is 0 Å². The highest BCUT2D eigenvalue weighted by Crippen LogP contribution is 2.23. The molecule has 0 unspecified atom stereocenters. The summed E-state index contributed by atoms with van der Waals surface area (Å²) in [6.45, 7) is 16.3. The zero-order valence-corrected chi connectivity index (χ0v) is 20.7. The lowest BCUT2D eigenvalue weighted by atomic mass is 10.5. The summed E-state index contributed by atoms with van der Waals surface area (Å²) in [5, 5.41) is 0. The van der Waals surface area contributed by atoms with Crippen LogP contribution in [-0.2, 0) is 31.3 Å². The van der Waals surface area contributed by atoms with Crippen molar-refractivity contribution in [2.45, 2.75) is 27.7 Å². The van der Waals surface area contributed by atoms with E-state index >= 15 is 0 Å². The van der Waals surface area contributed by atoms with E-state index in [4.69, 9.17) is 31.3 Å². The second kappa shape index (κ2) is 13.5. The van der Waals surface area contributed by atoms with Crippen LogP contribution in [0.2, 0.25) is 0 Å². The van der Waals surface area contributed by atoms with Crippen molar-refractivity contribution < 1.29 is 31.3 Å². The molecule has 2 saturated heterocycles. The van der Waals surface area contributed by atoms with Crippen molar-refractivity contribution in [2.75, 3.05) is 91.4 Å². The Morgan fingerprint density at radius 1 is 0.586 bits per heavy atom. The van der Waals surface area contributed by atoms with Crippen LogP contribution < -0.4 is 0 Å². The van der Waals surface area contributed by atoms with Gasteiger partial charge in [0.15, 0.2) is 0 Å². The van der Waals surface area contributed by atoms with Crippen LogP contribution >= 0.6 is 0 Å². The first-order valence-corrected chi connectivity index (χ1v) is 14.8. The third-order valence-corrected chi connectivity index (χ3v) is 11.9. The van der Waals surface area contributed by atoms with Crippen LogP contribution in [0.5, 0.6) is 0 Å². The molecule has 2 fully saturated rings. The van der Waals surface area contributed by atoms with Gasteiger partial charge in [0.05, 0.1) is 38.8 Å². The maximum absolute atomic E-state index is 6.82. The van der Waals surface area contributed by atoms with E-state index in [1.165, 1.54) is 0 Å². The molecule has 0 bridgehead atoms. The van der Waals surface area contributed by atoms with Crippen molar-refractivity contribution in [3.8, 4) is 0 Å². The molecule has 0 aromatic heterocycles. The molecule has 0 atom stereocenters. The predicted molar refractivity (Wildman–Crippen MR) is 114 cm³/mol. The molecule has 0 saturated carbocycles. The monoisotopic (exact) mass is 452 g/mol. The van der Waals surface area contributed by atoms with Crippen LogP contribution in [0.4, 0.5) is 0 Å². The lowest BCUT2D eigenvalue weighted by molar-refractivity contribution is 0.00343. The van der Waals surface area contributed by atoms with E-state index in [1.807, 2.05) is 27.7 Å². The molecular formula is C18H40N2O7Si2. The van der Waals surface area contributed by atoms with Crippen molar-refractivity contribution in [1.29, 1.82) is 0 Å². The molecule has 0 aromatic carbocycles. The van der Waals surface area contributed by atoms with Gasteiger partial charge in [0.2, 0.25) is 0 Å². The minimum Gasteiger partial charge on any atom is -0.379 e. The highest BCUT2D eigenvalue weighted by Gasteiger charge is 2.55. The van der Waals surface area contributed by atoms with Gasteiger partial charge in [0.25, 0.3) is 0 Å². The lowest BCUT2D eigenvalue weighted by Gasteiger charge is -2.42. The van der Waals surface area contributed by atoms with E-state index in [0.717, 1.165) is 52.6 Å². The quantitative estimate of drug-likeness (QED) is 0.355. The van der Waals surface area contributed by atoms with E-state index in [0.29, 0.717) is 38.8 Å². The maximum atomic E-state index is 6.82. The fourth-order valence-corrected chi connectivity index (χ4v) is 11.0. The van der Waals surface area contributed by atoms with Gasteiger partial charge in [0, 0.05) is 52.6 Å². The van der Waals surface area contributed by atoms with Crippen molar-refractivity contribution in [1.82, 2.24) is 9.80 Å². The minimum absolute atomic E-state index is 0.525. The highest BCUT2D eigenvalue weighted by molar-refractivity contribution is 6.75. The molecule has 2 heterocycles. The molecule has 29 heavy (non-hydrogen) atoms. The molecule has 0 aromatic rings. The van der Waals surface area contributed by atoms with Crippen LogP contribution in [0.3, 0.4) is 0 Å². The highest BCUT2D eigenvalue weighted by atomic mass is 28.5. The lowest BCUT2D eigenvalue weighted by Crippen LogP contribution is -2.67. The molecule has 2 aliphatic rings. The summed E-state index contributed by atoms with van der Waals surface area (Å²) in [6, 6.07) is 0. The molecule has 0 spiro atoms. The maximum Gasteiger partial charge on any atom is 0.508 e. The third kappa shape index (κ3) is 8.26. The smallest absolute Gasteiger partial charge is 0.379 e. The van der Waals surface area contributed by atoms with Gasteiger partial charge in [-0.05, 0) is 27.7 Å². The van der Waals surface area contributed by atoms with E-state index in [-0.39, 0.29) is 0 Å². The van der Waals surface area contributed by atoms with Crippen LogP contribution in [0.15, 0.2) is 0 Å². The van der Waals surface area contributed by atoms with Crippen LogP contribution in [0, 0.1) is 0 Å². The van der Waals surface area contributed by atoms with Gasteiger partial charge in [-0.25, -0.2) is 0 Å². The number of ether oxygens (including phenoxy) is 2. The molecule has 0 radical (unpaired) electrons. The summed E-state index contributed by atoms with van der Waals surface area (Å²) in [5.41, 5.74) is 0. The molecule has 0 aliphatic carbocycles. The summed E-state index contributed by atoms with van der Waals surface area (Å²) >= 11 is 0. The Balaban J connectivity index is 2.24. The fourth-order valence-electron chi connectivity index (χ4n) is 3.63. The zero-order valence-electron chi connectivity index (χ0n) is 18.7. The summed E-state index contributed by atoms with van der Waals surface area (Å²) in [6.07, 6.45) is 1.24. The van der Waals surface area contributed by atoms with E-state index < -0.39 is 17.6 Å². The van der Waals surface area contributed by atoms with Crippen LogP contribution in [0.1, 0.15) is 27.7 Å². The van der Waals surface area contributed by atoms with Gasteiger partial charge in [0.1, 0.15) is 0 Å². The van der Waals surface area contributed by atoms with Gasteiger partial charge in [-0.15, -0.1) is 0 Å². The molecule has 172 valence electrons. The first-order valence-electron chi connectivity index (χ1n) is 11.0. The average Bonchev–Trinajstić information content (AvgIpc) is 2.70. The fraction of sp³-hybridized carbons (Fsp3) is 1.00. The Morgan fingerprint density at radius 2 is 0.897 bits per heavy atom. The standard InChI is InChI=1S/C18H40N2O7Si2/c1-5-23-28(24-6-2,17-19-9-13-21-14-10-19)27-29(25-7-3,26-8-4)18-20-11-15-22-16-12-20/h5-18H2,1-4H3. The van der Waals surface area contributed by atoms with Crippen molar-refractivity contribution >= 4 is 17.6 Å². The van der Waals surface area contributed by atoms with Crippen molar-refractivity contribution in [3.05, 3.63) is 0 Å². The Hall–Kier alpha value is 0.0738. The number of rotatable bonds is 14. The molecular weight excluding hydrogens is 412 g/mol. The second-order valence-corrected chi connectivity index (χ2v) is 12.3. The predicted octanol–water partition coefficient (Wildman–Crippen LogP) is 0.770. The first kappa shape index (κ1) is 25.3. The number of hydrogen-bond acceptors (Lipinski definition) is 9. The summed E-state index contributed by atoms with van der Waals surface area (Å²) in [5.74, 6) is 0. The molecule has 2 aliphatic heterocycles. The second-order valence-electron chi connectivity index (χ2n) is 6.98. The largest absolute Gasteiger partial charge is 0.508 e. The van der Waals surface area contributed by atoms with E-state index in [1.54, 1.807) is 0 Å². The van der Waals surface area contributed by atoms with Gasteiger partial charge in [-0.1, -0.05) is 0 Å². The average molecular weight is 453 g/mol. The Labute approximate surface area is 178 Å². The van der Waals surface area contributed by atoms with Gasteiger partial charge in [-0.3, -0.25) is 9.80 Å². The third-order valence-electron chi connectivity index (χ3n) is 4.81. The van der Waals surface area contributed by atoms with Crippen LogP contribution in [-0.4, -0.2) is 119 Å². The Bertz CT molecular complexity index is 388. The molecule has 0 amide bonds. The molecule has 11 heteroatoms. The van der Waals surface area contributed by atoms with E-state index in [2.05, 4.69) is 9.80 Å². The number of nitrogens with zero attached hydrogens (tertiary/aromatic N) is 2. The number of morpholine rings is 2. The zero-order chi connectivity index (χ0) is 21.0. The minimum atomic E-state index is -3.05. The van der Waals surface area contributed by atoms with Crippen LogP contribution in [0.25, 0.3) is 0 Å². The summed E-state index contributed by atoms with van der Waals surface area (Å²) < 4.78 is 42.8. The van der Waals surface area contributed by atoms with Crippen molar-refractivity contribution in [3.63, 3.8) is 0 Å². The Kier molecular flexibility index (Phi) is 11.8. The first-order chi connectivity index (χ1) is 14.1.